The number of hydrogen-bond donors (Lipinski definition) is 2. The molecule has 3 aromatic rings. The smallest absolute Gasteiger partial charge is 0.250 e. The van der Waals surface area contributed by atoms with Crippen LogP contribution >= 0.6 is 0 Å². The van der Waals surface area contributed by atoms with Crippen molar-refractivity contribution in [2.45, 2.75) is 44.3 Å². The van der Waals surface area contributed by atoms with Crippen LogP contribution in [0.4, 0.5) is 17.2 Å². The van der Waals surface area contributed by atoms with Gasteiger partial charge in [-0.3, -0.25) is 4.72 Å². The van der Waals surface area contributed by atoms with E-state index in [1.165, 1.54) is 0 Å². The van der Waals surface area contributed by atoms with E-state index in [-0.39, 0.29) is 18.0 Å². The first-order chi connectivity index (χ1) is 20.0. The van der Waals surface area contributed by atoms with Gasteiger partial charge in [0.15, 0.2) is 0 Å². The van der Waals surface area contributed by atoms with Gasteiger partial charge in [0.1, 0.15) is 5.82 Å². The number of sulfonamides is 1. The summed E-state index contributed by atoms with van der Waals surface area (Å²) in [7, 11) is -3.68. The van der Waals surface area contributed by atoms with Gasteiger partial charge < -0.3 is 28.8 Å². The number of fused-ring (bicyclic) bond motifs is 6. The van der Waals surface area contributed by atoms with Gasteiger partial charge in [0.05, 0.1) is 41.5 Å². The summed E-state index contributed by atoms with van der Waals surface area (Å²) in [6.45, 7) is 4.01. The van der Waals surface area contributed by atoms with Crippen LogP contribution < -0.4 is 14.5 Å². The van der Waals surface area contributed by atoms with Crippen molar-refractivity contribution in [3.63, 3.8) is 0 Å². The number of hydrogen-bond acceptors (Lipinski definition) is 11. The molecule has 2 aromatic heterocycles. The number of piperidine rings is 2. The van der Waals surface area contributed by atoms with Crippen LogP contribution in [0.5, 0.6) is 0 Å². The summed E-state index contributed by atoms with van der Waals surface area (Å²) >= 11 is 0. The van der Waals surface area contributed by atoms with Crippen molar-refractivity contribution in [3.05, 3.63) is 36.5 Å². The third-order valence-electron chi connectivity index (χ3n) is 7.76. The van der Waals surface area contributed by atoms with E-state index in [0.29, 0.717) is 36.2 Å². The Kier molecular flexibility index (Phi) is 8.37. The Morgan fingerprint density at radius 3 is 2.56 bits per heavy atom. The number of ether oxygens (including phenoxy) is 2. The lowest BCUT2D eigenvalue weighted by Gasteiger charge is -2.35. The van der Waals surface area contributed by atoms with Gasteiger partial charge in [-0.2, -0.15) is 0 Å². The van der Waals surface area contributed by atoms with Gasteiger partial charge in [0.25, 0.3) is 0 Å². The first-order valence-corrected chi connectivity index (χ1v) is 15.9. The number of aromatic nitrogens is 3. The molecule has 1 aromatic carbocycles. The minimum Gasteiger partial charge on any atom is -0.416 e. The van der Waals surface area contributed by atoms with Crippen molar-refractivity contribution in [1.82, 2.24) is 15.2 Å². The zero-order valence-electron chi connectivity index (χ0n) is 22.9. The number of rotatable bonds is 4. The lowest BCUT2D eigenvalue weighted by molar-refractivity contribution is 0.00102. The summed E-state index contributed by atoms with van der Waals surface area (Å²) in [4.78, 5) is 9.04. The van der Waals surface area contributed by atoms with Gasteiger partial charge in [0.2, 0.25) is 21.8 Å². The van der Waals surface area contributed by atoms with Crippen LogP contribution in [0.1, 0.15) is 32.1 Å². The molecule has 0 saturated carbocycles. The standard InChI is InChI=1S/C28H36N6O6S/c35-13-16-41(36,37)32-21-4-5-24-25(18-21)33-11-7-22(8-12-33)38-14-2-15-39-23-3-1-10-34(19-23)26-17-20(6-9-29-26)27-30-31-28(24)40-27/h4-6,9,17-18,22-23,32,35H,1-3,7-8,10-16,19H2. The molecule has 12 nitrogen and oxygen atoms in total. The van der Waals surface area contributed by atoms with Gasteiger partial charge in [-0.15, -0.1) is 10.2 Å². The highest BCUT2D eigenvalue weighted by atomic mass is 32.2. The van der Waals surface area contributed by atoms with Crippen molar-refractivity contribution in [2.24, 2.45) is 0 Å². The molecular formula is C28H36N6O6S. The fourth-order valence-electron chi connectivity index (χ4n) is 5.67. The molecule has 7 rings (SSSR count). The molecular weight excluding hydrogens is 548 g/mol. The number of benzene rings is 1. The maximum absolute atomic E-state index is 12.4. The molecule has 0 spiro atoms. The van der Waals surface area contributed by atoms with Gasteiger partial charge >= 0.3 is 0 Å². The zero-order chi connectivity index (χ0) is 28.2. The van der Waals surface area contributed by atoms with Gasteiger partial charge in [-0.25, -0.2) is 13.4 Å². The number of aliphatic hydroxyl groups excluding tert-OH is 1. The van der Waals surface area contributed by atoms with E-state index in [2.05, 4.69) is 29.7 Å². The van der Waals surface area contributed by atoms with Crippen LogP contribution in [0.25, 0.3) is 22.9 Å². The van der Waals surface area contributed by atoms with Crippen molar-refractivity contribution >= 4 is 27.2 Å². The zero-order valence-corrected chi connectivity index (χ0v) is 23.8. The Morgan fingerprint density at radius 1 is 0.927 bits per heavy atom. The molecule has 2 saturated heterocycles. The first kappa shape index (κ1) is 27.9. The van der Waals surface area contributed by atoms with E-state index in [1.54, 1.807) is 24.4 Å². The van der Waals surface area contributed by atoms with Crippen molar-refractivity contribution in [3.8, 4) is 22.9 Å². The third-order valence-corrected chi connectivity index (χ3v) is 9.03. The fraction of sp³-hybridized carbons (Fsp3) is 0.536. The van der Waals surface area contributed by atoms with Crippen LogP contribution in [0.2, 0.25) is 0 Å². The van der Waals surface area contributed by atoms with E-state index in [4.69, 9.17) is 19.0 Å². The molecule has 13 heteroatoms. The van der Waals surface area contributed by atoms with Crippen LogP contribution in [0.3, 0.4) is 0 Å². The van der Waals surface area contributed by atoms with Crippen LogP contribution in [-0.2, 0) is 19.5 Å². The highest BCUT2D eigenvalue weighted by Crippen LogP contribution is 2.36. The largest absolute Gasteiger partial charge is 0.416 e. The molecule has 41 heavy (non-hydrogen) atoms. The second kappa shape index (κ2) is 12.3. The van der Waals surface area contributed by atoms with E-state index < -0.39 is 16.6 Å². The van der Waals surface area contributed by atoms with Crippen LogP contribution in [0, 0.1) is 0 Å². The predicted molar refractivity (Wildman–Crippen MR) is 154 cm³/mol. The molecule has 2 fully saturated rings. The molecule has 1 unspecified atom stereocenters. The number of nitrogens with zero attached hydrogens (tertiary/aromatic N) is 5. The number of nitrogens with one attached hydrogen (secondary N) is 1. The van der Waals surface area contributed by atoms with E-state index in [0.717, 1.165) is 75.4 Å². The number of anilines is 3. The molecule has 220 valence electrons. The Morgan fingerprint density at radius 2 is 1.73 bits per heavy atom. The Balaban J connectivity index is 1.35. The minimum atomic E-state index is -3.68. The topological polar surface area (TPSA) is 143 Å². The Hall–Kier alpha value is -3.26. The van der Waals surface area contributed by atoms with Gasteiger partial charge in [-0.05, 0) is 62.4 Å². The average Bonchev–Trinajstić information content (AvgIpc) is 3.47. The molecule has 6 heterocycles. The summed E-state index contributed by atoms with van der Waals surface area (Å²) in [5.74, 6) is 1.19. The lowest BCUT2D eigenvalue weighted by Crippen LogP contribution is -2.40. The second-order valence-electron chi connectivity index (χ2n) is 10.7. The van der Waals surface area contributed by atoms with E-state index in [1.807, 2.05) is 12.1 Å². The third kappa shape index (κ3) is 6.64. The summed E-state index contributed by atoms with van der Waals surface area (Å²) in [5.41, 5.74) is 2.69. The van der Waals surface area contributed by atoms with Crippen molar-refractivity contribution in [1.29, 1.82) is 0 Å². The normalized spacial score (nSPS) is 21.8. The summed E-state index contributed by atoms with van der Waals surface area (Å²) in [5, 5.41) is 17.9. The molecule has 2 N–H and O–H groups in total. The van der Waals surface area contributed by atoms with Crippen molar-refractivity contribution < 1.29 is 27.4 Å². The highest BCUT2D eigenvalue weighted by Gasteiger charge is 2.26. The Labute approximate surface area is 239 Å². The highest BCUT2D eigenvalue weighted by molar-refractivity contribution is 7.92. The summed E-state index contributed by atoms with van der Waals surface area (Å²) < 4.78 is 45.9. The second-order valence-corrected chi connectivity index (χ2v) is 12.5. The summed E-state index contributed by atoms with van der Waals surface area (Å²) in [6, 6.07) is 9.08. The lowest BCUT2D eigenvalue weighted by atomic mass is 10.0. The molecule has 4 aliphatic rings. The first-order valence-electron chi connectivity index (χ1n) is 14.3. The fourth-order valence-corrected chi connectivity index (χ4v) is 6.49. The molecule has 1 atom stereocenters. The molecule has 0 aliphatic carbocycles. The Bertz CT molecular complexity index is 1440. The molecule has 4 aliphatic heterocycles. The number of aliphatic hydroxyl groups is 1. The molecule has 0 amide bonds. The maximum atomic E-state index is 12.4. The average molecular weight is 585 g/mol. The van der Waals surface area contributed by atoms with Gasteiger partial charge in [-0.1, -0.05) is 0 Å². The molecule has 8 bridgehead atoms. The number of pyridine rings is 1. The van der Waals surface area contributed by atoms with Crippen molar-refractivity contribution in [2.75, 3.05) is 66.3 Å². The van der Waals surface area contributed by atoms with E-state index in [9.17, 15) is 8.42 Å². The minimum absolute atomic E-state index is 0.155. The molecule has 0 radical (unpaired) electrons. The predicted octanol–water partition coefficient (Wildman–Crippen LogP) is 2.91. The van der Waals surface area contributed by atoms with E-state index >= 15 is 0 Å². The SMILES string of the molecule is O=S(=O)(CCO)Nc1ccc2c(c1)N1CCC(CC1)OCCCOC1CCCN(C1)c1cc(ccn1)-c1nnc-2o1. The summed E-state index contributed by atoms with van der Waals surface area (Å²) in [6.07, 6.45) is 6.67. The maximum Gasteiger partial charge on any atom is 0.250 e. The van der Waals surface area contributed by atoms with Crippen LogP contribution in [0.15, 0.2) is 40.9 Å². The van der Waals surface area contributed by atoms with Crippen LogP contribution in [-0.4, -0.2) is 92.7 Å². The van der Waals surface area contributed by atoms with Gasteiger partial charge in [0, 0.05) is 51.2 Å². The monoisotopic (exact) mass is 584 g/mol. The quantitative estimate of drug-likeness (QED) is 0.467.